The van der Waals surface area contributed by atoms with E-state index in [1.165, 1.54) is 12.1 Å². The van der Waals surface area contributed by atoms with Crippen molar-refractivity contribution in [2.45, 2.75) is 0 Å². The maximum atomic E-state index is 13.1. The monoisotopic (exact) mass is 304 g/mol. The van der Waals surface area contributed by atoms with E-state index in [2.05, 4.69) is 0 Å². The minimum atomic E-state index is -0.352. The Labute approximate surface area is 109 Å². The third-order valence-electron chi connectivity index (χ3n) is 2.75. The first-order valence-corrected chi connectivity index (χ1v) is 7.24. The van der Waals surface area contributed by atoms with Gasteiger partial charge in [-0.2, -0.15) is 0 Å². The molecule has 1 heterocycles. The number of benzene rings is 2. The van der Waals surface area contributed by atoms with Crippen molar-refractivity contribution in [1.29, 1.82) is 0 Å². The Kier molecular flexibility index (Phi) is 2.86. The number of fused-ring (bicyclic) bond motifs is 1. The molecule has 0 spiro atoms. The molecule has 1 nitrogen and oxygen atoms in total. The summed E-state index contributed by atoms with van der Waals surface area (Å²) in [7, 11) is 0. The van der Waals surface area contributed by atoms with Gasteiger partial charge in [0.2, 0.25) is 0 Å². The van der Waals surface area contributed by atoms with Gasteiger partial charge in [0, 0.05) is 0 Å². The van der Waals surface area contributed by atoms with Crippen LogP contribution in [0.3, 0.4) is 0 Å². The van der Waals surface area contributed by atoms with E-state index in [4.69, 9.17) is 0 Å². The molecule has 18 heavy (non-hydrogen) atoms. The summed E-state index contributed by atoms with van der Waals surface area (Å²) in [6.07, 6.45) is 0. The van der Waals surface area contributed by atoms with Crippen LogP contribution in [-0.4, -0.2) is 14.5 Å². The molecule has 3 rings (SSSR count). The van der Waals surface area contributed by atoms with E-state index in [9.17, 15) is 9.18 Å². The summed E-state index contributed by atoms with van der Waals surface area (Å²) in [6.45, 7) is 0. The molecule has 0 unspecified atom stereocenters. The van der Waals surface area contributed by atoms with Crippen molar-refractivity contribution in [2.75, 3.05) is 0 Å². The van der Waals surface area contributed by atoms with Crippen molar-refractivity contribution >= 4 is 24.1 Å². The summed E-state index contributed by atoms with van der Waals surface area (Å²) in [6, 6.07) is 16.0. The van der Waals surface area contributed by atoms with Crippen LogP contribution < -0.4 is 5.43 Å². The zero-order valence-corrected chi connectivity index (χ0v) is 11.1. The topological polar surface area (TPSA) is 17.1 Å². The summed E-state index contributed by atoms with van der Waals surface area (Å²) in [5, 5.41) is 0.509. The second-order valence-corrected chi connectivity index (χ2v) is 6.26. The van der Waals surface area contributed by atoms with Crippen molar-refractivity contribution in [1.82, 2.24) is 0 Å². The molecule has 0 atom stereocenters. The van der Waals surface area contributed by atoms with Gasteiger partial charge in [-0.15, -0.1) is 0 Å². The standard InChI is InChI=1S/C15H9FOSe/c16-11-6-7-14-12(8-11)13(17)9-15(18-14)10-4-2-1-3-5-10/h1-9H. The average molecular weight is 303 g/mol. The third-order valence-corrected chi connectivity index (χ3v) is 5.16. The molecule has 0 aliphatic carbocycles. The third kappa shape index (κ3) is 2.03. The van der Waals surface area contributed by atoms with Gasteiger partial charge in [-0.25, -0.2) is 0 Å². The normalized spacial score (nSPS) is 10.7. The summed E-state index contributed by atoms with van der Waals surface area (Å²) >= 11 is 0.0539. The van der Waals surface area contributed by atoms with Crippen molar-refractivity contribution in [3.05, 3.63) is 70.6 Å². The molecule has 3 heteroatoms. The number of rotatable bonds is 1. The molecule has 0 amide bonds. The van der Waals surface area contributed by atoms with Crippen LogP contribution >= 0.6 is 0 Å². The van der Waals surface area contributed by atoms with Crippen molar-refractivity contribution in [3.8, 4) is 10.0 Å². The molecule has 0 N–H and O–H groups in total. The fourth-order valence-electron chi connectivity index (χ4n) is 1.87. The van der Waals surface area contributed by atoms with Crippen LogP contribution in [0.1, 0.15) is 0 Å². The van der Waals surface area contributed by atoms with E-state index in [1.807, 2.05) is 30.3 Å². The summed E-state index contributed by atoms with van der Waals surface area (Å²) < 4.78 is 15.1. The Morgan fingerprint density at radius 1 is 0.944 bits per heavy atom. The molecule has 0 radical (unpaired) electrons. The van der Waals surface area contributed by atoms with E-state index in [0.717, 1.165) is 14.3 Å². The summed E-state index contributed by atoms with van der Waals surface area (Å²) in [5.74, 6) is -0.352. The number of halogens is 1. The van der Waals surface area contributed by atoms with E-state index >= 15 is 0 Å². The van der Waals surface area contributed by atoms with Gasteiger partial charge in [-0.1, -0.05) is 0 Å². The zero-order valence-electron chi connectivity index (χ0n) is 9.39. The second-order valence-electron chi connectivity index (χ2n) is 3.98. The van der Waals surface area contributed by atoms with Gasteiger partial charge < -0.3 is 0 Å². The van der Waals surface area contributed by atoms with Gasteiger partial charge in [0.1, 0.15) is 0 Å². The van der Waals surface area contributed by atoms with E-state index in [-0.39, 0.29) is 25.7 Å². The molecule has 1 aromatic heterocycles. The van der Waals surface area contributed by atoms with Gasteiger partial charge in [-0.05, 0) is 0 Å². The van der Waals surface area contributed by atoms with Crippen LogP contribution in [0.2, 0.25) is 0 Å². The molecule has 0 bridgehead atoms. The predicted molar refractivity (Wildman–Crippen MR) is 72.6 cm³/mol. The van der Waals surface area contributed by atoms with Crippen LogP contribution in [0.5, 0.6) is 0 Å². The van der Waals surface area contributed by atoms with Gasteiger partial charge >= 0.3 is 109 Å². The predicted octanol–water partition coefficient (Wildman–Crippen LogP) is 3.06. The quantitative estimate of drug-likeness (QED) is 0.632. The zero-order chi connectivity index (χ0) is 12.5. The fourth-order valence-corrected chi connectivity index (χ4v) is 4.10. The van der Waals surface area contributed by atoms with Gasteiger partial charge in [-0.3, -0.25) is 0 Å². The molecular weight excluding hydrogens is 294 g/mol. The first-order valence-electron chi connectivity index (χ1n) is 5.53. The van der Waals surface area contributed by atoms with Crippen molar-refractivity contribution < 1.29 is 4.39 Å². The minimum absolute atomic E-state index is 0.0539. The van der Waals surface area contributed by atoms with Gasteiger partial charge in [0.05, 0.1) is 0 Å². The first kappa shape index (κ1) is 11.4. The Morgan fingerprint density at radius 3 is 2.50 bits per heavy atom. The Hall–Kier alpha value is -1.70. The van der Waals surface area contributed by atoms with Crippen LogP contribution in [0.25, 0.3) is 19.6 Å². The molecule has 3 aromatic rings. The Morgan fingerprint density at radius 2 is 1.72 bits per heavy atom. The Balaban J connectivity index is 2.29. The average Bonchev–Trinajstić information content (AvgIpc) is 2.40. The van der Waals surface area contributed by atoms with Crippen molar-refractivity contribution in [3.63, 3.8) is 0 Å². The molecular formula is C15H9FOSe. The maximum absolute atomic E-state index is 13.1. The first-order chi connectivity index (χ1) is 8.74. The molecule has 0 aliphatic heterocycles. The Bertz CT molecular complexity index is 762. The van der Waals surface area contributed by atoms with Crippen LogP contribution in [0.15, 0.2) is 59.4 Å². The SMILES string of the molecule is O=c1cc(-c2ccccc2)[se]c2ccc(F)cc12. The summed E-state index contributed by atoms with van der Waals surface area (Å²) in [5.41, 5.74) is 0.970. The number of hydrogen-bond donors (Lipinski definition) is 0. The van der Waals surface area contributed by atoms with E-state index < -0.39 is 0 Å². The molecule has 0 saturated heterocycles. The second kappa shape index (κ2) is 4.52. The van der Waals surface area contributed by atoms with Crippen LogP contribution in [0, 0.1) is 5.82 Å². The molecule has 2 aromatic carbocycles. The molecule has 0 saturated carbocycles. The van der Waals surface area contributed by atoms with Gasteiger partial charge in [0.15, 0.2) is 0 Å². The molecule has 0 fully saturated rings. The van der Waals surface area contributed by atoms with E-state index in [1.54, 1.807) is 12.1 Å². The van der Waals surface area contributed by atoms with E-state index in [0.29, 0.717) is 5.39 Å². The van der Waals surface area contributed by atoms with Gasteiger partial charge in [0.25, 0.3) is 0 Å². The molecule has 0 aliphatic rings. The molecule has 88 valence electrons. The summed E-state index contributed by atoms with van der Waals surface area (Å²) in [4.78, 5) is 12.0. The fraction of sp³-hybridized carbons (Fsp3) is 0. The van der Waals surface area contributed by atoms with Crippen LogP contribution in [-0.2, 0) is 0 Å². The number of hydrogen-bond acceptors (Lipinski definition) is 1. The van der Waals surface area contributed by atoms with Crippen molar-refractivity contribution in [2.24, 2.45) is 0 Å². The van der Waals surface area contributed by atoms with Crippen LogP contribution in [0.4, 0.5) is 4.39 Å².